The molecule has 13 heavy (non-hydrogen) atoms. The summed E-state index contributed by atoms with van der Waals surface area (Å²) in [6.07, 6.45) is 0. The summed E-state index contributed by atoms with van der Waals surface area (Å²) in [7, 11) is 1.97. The summed E-state index contributed by atoms with van der Waals surface area (Å²) >= 11 is 13.6. The average molecular weight is 236 g/mol. The fraction of sp³-hybridized carbons (Fsp3) is 0.625. The minimum Gasteiger partial charge on any atom is -0.368 e. The van der Waals surface area contributed by atoms with Crippen LogP contribution in [-0.4, -0.2) is 35.4 Å². The van der Waals surface area contributed by atoms with E-state index in [9.17, 15) is 0 Å². The fourth-order valence-corrected chi connectivity index (χ4v) is 1.70. The molecule has 0 aliphatic carbocycles. The van der Waals surface area contributed by atoms with Crippen molar-refractivity contribution in [3.05, 3.63) is 10.1 Å². The molecule has 0 saturated heterocycles. The summed E-state index contributed by atoms with van der Waals surface area (Å²) in [6.45, 7) is 5.79. The number of rotatable bonds is 5. The topological polar surface area (TPSA) is 6.48 Å². The molecule has 0 rings (SSSR count). The lowest BCUT2D eigenvalue weighted by atomic mass is 10.6. The van der Waals surface area contributed by atoms with Crippen LogP contribution in [0.4, 0.5) is 0 Å². The lowest BCUT2D eigenvalue weighted by Crippen LogP contribution is -2.23. The number of thiol groups is 2. The molecule has 0 amide bonds. The zero-order valence-electron chi connectivity index (χ0n) is 8.19. The van der Waals surface area contributed by atoms with Crippen molar-refractivity contribution < 1.29 is 0 Å². The molecule has 0 fully saturated rings. The van der Waals surface area contributed by atoms with E-state index in [4.69, 9.17) is 12.2 Å². The van der Waals surface area contributed by atoms with Gasteiger partial charge in [0, 0.05) is 20.1 Å². The second kappa shape index (κ2) is 6.56. The molecule has 0 aromatic heterocycles. The molecule has 0 aromatic rings. The first kappa shape index (κ1) is 13.1. The van der Waals surface area contributed by atoms with Gasteiger partial charge in [-0.05, 0) is 13.8 Å². The van der Waals surface area contributed by atoms with E-state index < -0.39 is 0 Å². The van der Waals surface area contributed by atoms with Gasteiger partial charge < -0.3 is 9.80 Å². The minimum atomic E-state index is 0.796. The van der Waals surface area contributed by atoms with Crippen molar-refractivity contribution in [2.24, 2.45) is 0 Å². The minimum absolute atomic E-state index is 0.796. The van der Waals surface area contributed by atoms with Gasteiger partial charge >= 0.3 is 0 Å². The highest BCUT2D eigenvalue weighted by molar-refractivity contribution is 7.88. The van der Waals surface area contributed by atoms with Gasteiger partial charge in [0.2, 0.25) is 0 Å². The molecule has 76 valence electrons. The Morgan fingerprint density at radius 1 is 1.23 bits per heavy atom. The molecule has 0 unspecified atom stereocenters. The molecular weight excluding hydrogens is 220 g/mol. The monoisotopic (exact) mass is 236 g/mol. The Bertz CT molecular complexity index is 204. The smallest absolute Gasteiger partial charge is 0.103 e. The van der Waals surface area contributed by atoms with Crippen molar-refractivity contribution >= 4 is 43.0 Å². The molecule has 0 aliphatic rings. The molecule has 0 aliphatic heterocycles. The van der Waals surface area contributed by atoms with Crippen molar-refractivity contribution in [3.8, 4) is 0 Å². The van der Waals surface area contributed by atoms with Gasteiger partial charge in [-0.25, -0.2) is 0 Å². The van der Waals surface area contributed by atoms with Crippen LogP contribution in [0.2, 0.25) is 0 Å². The van der Waals surface area contributed by atoms with Crippen LogP contribution in [-0.2, 0) is 0 Å². The highest BCUT2D eigenvalue weighted by Crippen LogP contribution is 2.18. The molecule has 5 heteroatoms. The zero-order chi connectivity index (χ0) is 10.4. The first-order valence-electron chi connectivity index (χ1n) is 4.13. The third kappa shape index (κ3) is 3.79. The summed E-state index contributed by atoms with van der Waals surface area (Å²) in [5.41, 5.74) is 1.59. The van der Waals surface area contributed by atoms with Gasteiger partial charge in [-0.2, -0.15) is 0 Å². The molecule has 0 aromatic carbocycles. The maximum atomic E-state index is 4.86. The molecule has 0 saturated carbocycles. The molecule has 0 heterocycles. The Morgan fingerprint density at radius 2 is 1.77 bits per heavy atom. The number of hydrogen-bond acceptors (Lipinski definition) is 4. The van der Waals surface area contributed by atoms with Gasteiger partial charge in [-0.15, -0.1) is 25.3 Å². The molecule has 2 nitrogen and oxygen atoms in total. The molecular formula is C8H16N2S3. The van der Waals surface area contributed by atoms with Crippen LogP contribution in [0.15, 0.2) is 10.1 Å². The van der Waals surface area contributed by atoms with Gasteiger partial charge in [0.05, 0.1) is 10.5 Å². The summed E-state index contributed by atoms with van der Waals surface area (Å²) in [5, 5.41) is 1.64. The van der Waals surface area contributed by atoms with Crippen LogP contribution in [0.1, 0.15) is 13.8 Å². The Balaban J connectivity index is 4.66. The Kier molecular flexibility index (Phi) is 6.63. The van der Waals surface area contributed by atoms with Crippen molar-refractivity contribution in [1.82, 2.24) is 9.80 Å². The Morgan fingerprint density at radius 3 is 2.08 bits per heavy atom. The number of nitrogens with zero attached hydrogens (tertiary/aromatic N) is 2. The summed E-state index contributed by atoms with van der Waals surface area (Å²) in [4.78, 5) is 3.87. The molecule has 0 spiro atoms. The molecule has 0 radical (unpaired) electrons. The summed E-state index contributed by atoms with van der Waals surface area (Å²) < 4.78 is 0. The number of thiocarbonyl (C=S) groups is 1. The van der Waals surface area contributed by atoms with E-state index >= 15 is 0 Å². The van der Waals surface area contributed by atoms with Crippen molar-refractivity contribution in [2.75, 3.05) is 20.1 Å². The van der Waals surface area contributed by atoms with Gasteiger partial charge in [0.15, 0.2) is 0 Å². The van der Waals surface area contributed by atoms with E-state index in [-0.39, 0.29) is 0 Å². The Labute approximate surface area is 96.8 Å². The van der Waals surface area contributed by atoms with E-state index in [1.165, 1.54) is 0 Å². The molecule has 0 bridgehead atoms. The fourth-order valence-electron chi connectivity index (χ4n) is 0.723. The van der Waals surface area contributed by atoms with Crippen LogP contribution in [0, 0.1) is 0 Å². The van der Waals surface area contributed by atoms with E-state index in [1.807, 2.05) is 23.8 Å². The average Bonchev–Trinajstić information content (AvgIpc) is 2.17. The van der Waals surface area contributed by atoms with E-state index in [0.29, 0.717) is 0 Å². The second-order valence-corrected chi connectivity index (χ2v) is 3.61. The van der Waals surface area contributed by atoms with E-state index in [2.05, 4.69) is 32.2 Å². The third-order valence-electron chi connectivity index (χ3n) is 1.78. The Hall–Kier alpha value is 0.130. The maximum Gasteiger partial charge on any atom is 0.103 e. The normalized spacial score (nSPS) is 12.1. The summed E-state index contributed by atoms with van der Waals surface area (Å²) in [6, 6.07) is 0. The van der Waals surface area contributed by atoms with Crippen LogP contribution in [0.3, 0.4) is 0 Å². The predicted molar refractivity (Wildman–Crippen MR) is 69.3 cm³/mol. The van der Waals surface area contributed by atoms with E-state index in [1.54, 1.807) is 5.49 Å². The molecule has 0 atom stereocenters. The standard InChI is InChI=1S/C8H16N2S3/c1-4-9(3)7(12)8(13)10(5-2)6-11/h6,12-13H,4-5H2,1-3H3/b8-7-. The largest absolute Gasteiger partial charge is 0.368 e. The van der Waals surface area contributed by atoms with Gasteiger partial charge in [-0.1, -0.05) is 12.2 Å². The van der Waals surface area contributed by atoms with Crippen LogP contribution < -0.4 is 0 Å². The zero-order valence-corrected chi connectivity index (χ0v) is 10.8. The highest BCUT2D eigenvalue weighted by Gasteiger charge is 2.07. The highest BCUT2D eigenvalue weighted by atomic mass is 32.1. The third-order valence-corrected chi connectivity index (χ3v) is 3.23. The van der Waals surface area contributed by atoms with Crippen molar-refractivity contribution in [2.45, 2.75) is 13.8 Å². The maximum absolute atomic E-state index is 4.86. The van der Waals surface area contributed by atoms with Gasteiger partial charge in [0.1, 0.15) is 5.03 Å². The van der Waals surface area contributed by atoms with Gasteiger partial charge in [-0.3, -0.25) is 0 Å². The second-order valence-electron chi connectivity index (χ2n) is 2.55. The van der Waals surface area contributed by atoms with Crippen molar-refractivity contribution in [3.63, 3.8) is 0 Å². The first-order valence-corrected chi connectivity index (χ1v) is 5.50. The van der Waals surface area contributed by atoms with Gasteiger partial charge in [0.25, 0.3) is 0 Å². The van der Waals surface area contributed by atoms with E-state index in [0.717, 1.165) is 23.1 Å². The first-order chi connectivity index (χ1) is 6.08. The van der Waals surface area contributed by atoms with Crippen molar-refractivity contribution in [1.29, 1.82) is 0 Å². The van der Waals surface area contributed by atoms with Crippen LogP contribution in [0.5, 0.6) is 0 Å². The number of hydrogen-bond donors (Lipinski definition) is 2. The summed E-state index contributed by atoms with van der Waals surface area (Å²) in [5.74, 6) is 0. The predicted octanol–water partition coefficient (Wildman–Crippen LogP) is 2.20. The lowest BCUT2D eigenvalue weighted by molar-refractivity contribution is 0.456. The molecule has 0 N–H and O–H groups in total. The quantitative estimate of drug-likeness (QED) is 0.558. The lowest BCUT2D eigenvalue weighted by Gasteiger charge is -2.23. The van der Waals surface area contributed by atoms with Crippen LogP contribution >= 0.6 is 37.5 Å². The SMILES string of the molecule is CCN(C)/C(S)=C(/S)N(C=S)CC. The van der Waals surface area contributed by atoms with Crippen LogP contribution in [0.25, 0.3) is 0 Å².